The molecule has 0 N–H and O–H groups in total. The molecule has 0 spiro atoms. The first kappa shape index (κ1) is 23.7. The maximum Gasteiger partial charge on any atom is 0.267 e. The van der Waals surface area contributed by atoms with E-state index in [-0.39, 0.29) is 12.2 Å². The third-order valence-electron chi connectivity index (χ3n) is 5.92. The molecule has 3 heterocycles. The summed E-state index contributed by atoms with van der Waals surface area (Å²) in [6.45, 7) is 5.59. The molecule has 0 aliphatic heterocycles. The Balaban J connectivity index is 1.55. The van der Waals surface area contributed by atoms with Gasteiger partial charge in [-0.25, -0.2) is 18.4 Å². The van der Waals surface area contributed by atoms with Gasteiger partial charge in [-0.05, 0) is 74.4 Å². The Morgan fingerprint density at radius 2 is 1.81 bits per heavy atom. The second-order valence-electron chi connectivity index (χ2n) is 8.49. The summed E-state index contributed by atoms with van der Waals surface area (Å²) in [6.07, 6.45) is 1.60. The molecule has 2 aromatic carbocycles. The van der Waals surface area contributed by atoms with Gasteiger partial charge in [-0.1, -0.05) is 23.7 Å². The van der Waals surface area contributed by atoms with Crippen molar-refractivity contribution in [1.82, 2.24) is 19.2 Å². The second kappa shape index (κ2) is 9.20. The number of hydrogen-bond donors (Lipinski definition) is 0. The Hall–Kier alpha value is -4.04. The number of rotatable bonds is 5. The van der Waals surface area contributed by atoms with Gasteiger partial charge in [-0.3, -0.25) is 9.20 Å². The minimum absolute atomic E-state index is 0.0177. The maximum absolute atomic E-state index is 13.5. The number of pyridine rings is 1. The van der Waals surface area contributed by atoms with E-state index < -0.39 is 11.6 Å². The third-order valence-corrected chi connectivity index (χ3v) is 6.16. The van der Waals surface area contributed by atoms with Crippen molar-refractivity contribution in [2.45, 2.75) is 27.4 Å². The first-order valence-corrected chi connectivity index (χ1v) is 11.5. The summed E-state index contributed by atoms with van der Waals surface area (Å²) in [5.74, 6) is -1.54. The van der Waals surface area contributed by atoms with Crippen LogP contribution in [0.5, 0.6) is 5.75 Å². The highest BCUT2D eigenvalue weighted by Gasteiger charge is 2.19. The zero-order chi connectivity index (χ0) is 25.6. The highest BCUT2D eigenvalue weighted by molar-refractivity contribution is 6.30. The van der Waals surface area contributed by atoms with Crippen LogP contribution in [0.2, 0.25) is 5.02 Å². The Bertz CT molecular complexity index is 1690. The predicted molar refractivity (Wildman–Crippen MR) is 134 cm³/mol. The van der Waals surface area contributed by atoms with E-state index in [9.17, 15) is 13.6 Å². The normalized spacial score (nSPS) is 11.3. The summed E-state index contributed by atoms with van der Waals surface area (Å²) in [6, 6.07) is 14.3. The summed E-state index contributed by atoms with van der Waals surface area (Å²) in [5, 5.41) is 5.29. The fourth-order valence-corrected chi connectivity index (χ4v) is 4.26. The van der Waals surface area contributed by atoms with Gasteiger partial charge in [0.15, 0.2) is 23.0 Å². The molecule has 0 aliphatic carbocycles. The van der Waals surface area contributed by atoms with Crippen molar-refractivity contribution in [2.75, 3.05) is 0 Å². The van der Waals surface area contributed by atoms with Gasteiger partial charge in [0.2, 0.25) is 0 Å². The van der Waals surface area contributed by atoms with E-state index in [1.54, 1.807) is 29.9 Å². The fraction of sp³-hybridized carbons (Fsp3) is 0.148. The van der Waals surface area contributed by atoms with Crippen LogP contribution in [-0.2, 0) is 6.61 Å². The van der Waals surface area contributed by atoms with Crippen LogP contribution in [0, 0.1) is 32.4 Å². The molecule has 5 rings (SSSR count). The quantitative estimate of drug-likeness (QED) is 0.294. The van der Waals surface area contributed by atoms with Gasteiger partial charge in [0.25, 0.3) is 5.56 Å². The standard InChI is InChI=1S/C27H21ClF2N4O2/c1-15-6-8-19(28)13-23(15)34-16(2)11-22(32-34)25-17(3)31-26-24(5-4-10-33(26)27(25)35)36-14-18-7-9-20(29)21(30)12-18/h4-13H,14H2,1-3H3. The molecule has 36 heavy (non-hydrogen) atoms. The molecule has 0 radical (unpaired) electrons. The lowest BCUT2D eigenvalue weighted by molar-refractivity contribution is 0.306. The second-order valence-corrected chi connectivity index (χ2v) is 8.93. The van der Waals surface area contributed by atoms with E-state index in [1.165, 1.54) is 10.5 Å². The van der Waals surface area contributed by atoms with Gasteiger partial charge in [0.05, 0.1) is 16.9 Å². The summed E-state index contributed by atoms with van der Waals surface area (Å²) < 4.78 is 35.7. The smallest absolute Gasteiger partial charge is 0.267 e. The number of fused-ring (bicyclic) bond motifs is 1. The first-order valence-electron chi connectivity index (χ1n) is 11.1. The van der Waals surface area contributed by atoms with Crippen molar-refractivity contribution in [3.63, 3.8) is 0 Å². The summed E-state index contributed by atoms with van der Waals surface area (Å²) in [5.41, 5.74) is 4.45. The zero-order valence-electron chi connectivity index (χ0n) is 19.7. The van der Waals surface area contributed by atoms with Crippen molar-refractivity contribution in [2.24, 2.45) is 0 Å². The van der Waals surface area contributed by atoms with Crippen molar-refractivity contribution in [1.29, 1.82) is 0 Å². The van der Waals surface area contributed by atoms with Crippen LogP contribution < -0.4 is 10.3 Å². The summed E-state index contributed by atoms with van der Waals surface area (Å²) >= 11 is 6.20. The number of hydrogen-bond acceptors (Lipinski definition) is 4. The van der Waals surface area contributed by atoms with Crippen LogP contribution in [0.25, 0.3) is 22.6 Å². The lowest BCUT2D eigenvalue weighted by Gasteiger charge is -2.12. The Morgan fingerprint density at radius 1 is 1.00 bits per heavy atom. The van der Waals surface area contributed by atoms with Gasteiger partial charge in [0.1, 0.15) is 12.3 Å². The fourth-order valence-electron chi connectivity index (χ4n) is 4.09. The molecule has 0 bridgehead atoms. The molecule has 9 heteroatoms. The van der Waals surface area contributed by atoms with Gasteiger partial charge in [0, 0.05) is 16.9 Å². The topological polar surface area (TPSA) is 61.4 Å². The molecule has 5 aromatic rings. The lowest BCUT2D eigenvalue weighted by Crippen LogP contribution is -2.19. The summed E-state index contributed by atoms with van der Waals surface area (Å²) in [7, 11) is 0. The number of benzene rings is 2. The maximum atomic E-state index is 13.5. The van der Waals surface area contributed by atoms with Crippen LogP contribution in [0.3, 0.4) is 0 Å². The third kappa shape index (κ3) is 4.24. The first-order chi connectivity index (χ1) is 17.2. The van der Waals surface area contributed by atoms with E-state index in [0.29, 0.717) is 38.9 Å². The molecule has 3 aromatic heterocycles. The molecule has 0 fully saturated rings. The predicted octanol–water partition coefficient (Wildman–Crippen LogP) is 5.98. The Morgan fingerprint density at radius 3 is 2.58 bits per heavy atom. The van der Waals surface area contributed by atoms with Crippen LogP contribution >= 0.6 is 11.6 Å². The van der Waals surface area contributed by atoms with E-state index in [2.05, 4.69) is 4.98 Å². The van der Waals surface area contributed by atoms with Crippen molar-refractivity contribution < 1.29 is 13.5 Å². The molecule has 182 valence electrons. The average molecular weight is 507 g/mol. The molecule has 0 aliphatic rings. The van der Waals surface area contributed by atoms with Gasteiger partial charge in [-0.15, -0.1) is 0 Å². The SMILES string of the molecule is Cc1ccc(Cl)cc1-n1nc(-c2c(C)nc3c(OCc4ccc(F)c(F)c4)cccn3c2=O)cc1C. The van der Waals surface area contributed by atoms with E-state index >= 15 is 0 Å². The molecule has 0 amide bonds. The van der Waals surface area contributed by atoms with Gasteiger partial charge < -0.3 is 4.74 Å². The van der Waals surface area contributed by atoms with E-state index in [0.717, 1.165) is 29.1 Å². The number of aromatic nitrogens is 4. The number of ether oxygens (including phenoxy) is 1. The van der Waals surface area contributed by atoms with Gasteiger partial charge >= 0.3 is 0 Å². The highest BCUT2D eigenvalue weighted by atomic mass is 35.5. The van der Waals surface area contributed by atoms with E-state index in [1.807, 2.05) is 38.1 Å². The summed E-state index contributed by atoms with van der Waals surface area (Å²) in [4.78, 5) is 18.2. The van der Waals surface area contributed by atoms with Crippen LogP contribution in [0.4, 0.5) is 8.78 Å². The van der Waals surface area contributed by atoms with Gasteiger partial charge in [-0.2, -0.15) is 5.10 Å². The van der Waals surface area contributed by atoms with Crippen LogP contribution in [-0.4, -0.2) is 19.2 Å². The van der Waals surface area contributed by atoms with Crippen LogP contribution in [0.15, 0.2) is 65.6 Å². The number of halogens is 3. The molecule has 0 saturated carbocycles. The Labute approximate surface area is 210 Å². The number of nitrogens with zero attached hydrogens (tertiary/aromatic N) is 4. The lowest BCUT2D eigenvalue weighted by atomic mass is 10.1. The molecule has 6 nitrogen and oxygen atoms in total. The zero-order valence-corrected chi connectivity index (χ0v) is 20.5. The molecular weight excluding hydrogens is 486 g/mol. The minimum Gasteiger partial charge on any atom is -0.485 e. The largest absolute Gasteiger partial charge is 0.485 e. The molecule has 0 saturated heterocycles. The van der Waals surface area contributed by atoms with Crippen molar-refractivity contribution >= 4 is 17.2 Å². The Kier molecular flexibility index (Phi) is 6.05. The van der Waals surface area contributed by atoms with E-state index in [4.69, 9.17) is 21.4 Å². The molecular formula is C27H21ClF2N4O2. The highest BCUT2D eigenvalue weighted by Crippen LogP contribution is 2.26. The van der Waals surface area contributed by atoms with Crippen LogP contribution in [0.1, 0.15) is 22.5 Å². The monoisotopic (exact) mass is 506 g/mol. The molecule has 0 atom stereocenters. The molecule has 0 unspecified atom stereocenters. The number of aryl methyl sites for hydroxylation is 3. The average Bonchev–Trinajstić information content (AvgIpc) is 3.22. The van der Waals surface area contributed by atoms with Crippen molar-refractivity contribution in [3.05, 3.63) is 110 Å². The van der Waals surface area contributed by atoms with Crippen molar-refractivity contribution in [3.8, 4) is 22.7 Å². The minimum atomic E-state index is -0.952.